The SMILES string of the molecule is CC1(C(=O)N2CCC(O)(CN3CCc4ccccc4C3)C2)CCN(c2ncccn2)CC1. The number of likely N-dealkylation sites (tertiary alicyclic amines) is 1. The lowest BCUT2D eigenvalue weighted by Gasteiger charge is -2.40. The summed E-state index contributed by atoms with van der Waals surface area (Å²) in [5, 5.41) is 11.3. The van der Waals surface area contributed by atoms with Gasteiger partial charge >= 0.3 is 0 Å². The number of benzene rings is 1. The van der Waals surface area contributed by atoms with Crippen LogP contribution in [-0.2, 0) is 17.8 Å². The first-order valence-corrected chi connectivity index (χ1v) is 11.8. The zero-order chi connectivity index (χ0) is 22.2. The molecule has 2 fully saturated rings. The Morgan fingerprint density at radius 1 is 1.00 bits per heavy atom. The lowest BCUT2D eigenvalue weighted by atomic mass is 9.79. The monoisotopic (exact) mass is 435 g/mol. The predicted octanol–water partition coefficient (Wildman–Crippen LogP) is 2.10. The highest BCUT2D eigenvalue weighted by molar-refractivity contribution is 5.83. The zero-order valence-electron chi connectivity index (χ0n) is 18.9. The summed E-state index contributed by atoms with van der Waals surface area (Å²) < 4.78 is 0. The van der Waals surface area contributed by atoms with Crippen LogP contribution in [-0.4, -0.2) is 75.7 Å². The van der Waals surface area contributed by atoms with E-state index in [2.05, 4.69) is 51.0 Å². The van der Waals surface area contributed by atoms with Crippen molar-refractivity contribution in [1.29, 1.82) is 0 Å². The van der Waals surface area contributed by atoms with Gasteiger partial charge < -0.3 is 14.9 Å². The van der Waals surface area contributed by atoms with Crippen molar-refractivity contribution in [3.05, 3.63) is 53.9 Å². The van der Waals surface area contributed by atoms with Gasteiger partial charge in [0.05, 0.1) is 12.1 Å². The molecule has 1 atom stereocenters. The molecule has 3 aliphatic rings. The number of aliphatic hydroxyl groups is 1. The van der Waals surface area contributed by atoms with Gasteiger partial charge in [-0.2, -0.15) is 0 Å². The van der Waals surface area contributed by atoms with E-state index in [0.29, 0.717) is 26.1 Å². The molecule has 1 aromatic heterocycles. The predicted molar refractivity (Wildman–Crippen MR) is 123 cm³/mol. The molecule has 1 aromatic carbocycles. The summed E-state index contributed by atoms with van der Waals surface area (Å²) >= 11 is 0. The summed E-state index contributed by atoms with van der Waals surface area (Å²) in [5.74, 6) is 0.923. The third-order valence-electron chi connectivity index (χ3n) is 7.57. The standard InChI is InChI=1S/C25H33N5O2/c1-24(8-14-29(15-9-24)23-26-11-4-12-27-23)22(31)30-16-10-25(32,19-30)18-28-13-7-20-5-2-3-6-21(20)17-28/h2-6,11-12,32H,7-10,13-19H2,1H3. The van der Waals surface area contributed by atoms with Crippen molar-refractivity contribution in [1.82, 2.24) is 19.8 Å². The lowest BCUT2D eigenvalue weighted by molar-refractivity contribution is -0.142. The third kappa shape index (κ3) is 4.24. The van der Waals surface area contributed by atoms with Crippen LogP contribution >= 0.6 is 0 Å². The Morgan fingerprint density at radius 3 is 2.47 bits per heavy atom. The number of carbonyl (C=O) groups excluding carboxylic acids is 1. The number of fused-ring (bicyclic) bond motifs is 1. The second-order valence-electron chi connectivity index (χ2n) is 10.0. The van der Waals surface area contributed by atoms with Crippen molar-refractivity contribution in [3.63, 3.8) is 0 Å². The molecular weight excluding hydrogens is 402 g/mol. The van der Waals surface area contributed by atoms with E-state index >= 15 is 0 Å². The molecule has 4 heterocycles. The Hall–Kier alpha value is -2.51. The van der Waals surface area contributed by atoms with Gasteiger partial charge in [-0.15, -0.1) is 0 Å². The molecule has 0 spiro atoms. The Bertz CT molecular complexity index is 960. The highest BCUT2D eigenvalue weighted by atomic mass is 16.3. The van der Waals surface area contributed by atoms with Crippen LogP contribution in [0, 0.1) is 5.41 Å². The van der Waals surface area contributed by atoms with E-state index in [0.717, 1.165) is 51.4 Å². The summed E-state index contributed by atoms with van der Waals surface area (Å²) in [6.45, 7) is 7.17. The van der Waals surface area contributed by atoms with Crippen LogP contribution in [0.1, 0.15) is 37.3 Å². The number of nitrogens with zero attached hydrogens (tertiary/aromatic N) is 5. The maximum atomic E-state index is 13.5. The fourth-order valence-corrected chi connectivity index (χ4v) is 5.51. The average molecular weight is 436 g/mol. The van der Waals surface area contributed by atoms with Crippen LogP contribution in [0.3, 0.4) is 0 Å². The van der Waals surface area contributed by atoms with Crippen LogP contribution in [0.25, 0.3) is 0 Å². The zero-order valence-corrected chi connectivity index (χ0v) is 18.9. The summed E-state index contributed by atoms with van der Waals surface area (Å²) in [4.78, 5) is 28.6. The minimum absolute atomic E-state index is 0.186. The summed E-state index contributed by atoms with van der Waals surface area (Å²) in [6.07, 6.45) is 6.75. The van der Waals surface area contributed by atoms with E-state index in [1.54, 1.807) is 12.4 Å². The van der Waals surface area contributed by atoms with E-state index < -0.39 is 5.60 Å². The van der Waals surface area contributed by atoms with E-state index in [-0.39, 0.29) is 11.3 Å². The molecule has 5 rings (SSSR count). The molecule has 2 aromatic rings. The fourth-order valence-electron chi connectivity index (χ4n) is 5.51. The minimum atomic E-state index is -0.823. The molecule has 0 bridgehead atoms. The Labute approximate surface area is 190 Å². The second-order valence-corrected chi connectivity index (χ2v) is 10.0. The van der Waals surface area contributed by atoms with Crippen molar-refractivity contribution in [3.8, 4) is 0 Å². The summed E-state index contributed by atoms with van der Waals surface area (Å²) in [7, 11) is 0. The van der Waals surface area contributed by atoms with Crippen molar-refractivity contribution in [2.75, 3.05) is 44.2 Å². The molecule has 3 aliphatic heterocycles. The first-order valence-electron chi connectivity index (χ1n) is 11.8. The quantitative estimate of drug-likeness (QED) is 0.793. The van der Waals surface area contributed by atoms with Crippen molar-refractivity contribution in [2.24, 2.45) is 5.41 Å². The number of rotatable bonds is 4. The molecular formula is C25H33N5O2. The van der Waals surface area contributed by atoms with Gasteiger partial charge in [0.1, 0.15) is 0 Å². The van der Waals surface area contributed by atoms with Gasteiger partial charge in [0, 0.05) is 57.1 Å². The third-order valence-corrected chi connectivity index (χ3v) is 7.57. The number of amides is 1. The van der Waals surface area contributed by atoms with Gasteiger partial charge in [-0.1, -0.05) is 31.2 Å². The molecule has 7 heteroatoms. The van der Waals surface area contributed by atoms with E-state index in [1.807, 2.05) is 11.0 Å². The Kier molecular flexibility index (Phi) is 5.63. The maximum absolute atomic E-state index is 13.5. The summed E-state index contributed by atoms with van der Waals surface area (Å²) in [5.41, 5.74) is 1.56. The first kappa shape index (κ1) is 21.3. The second kappa shape index (κ2) is 8.45. The molecule has 0 saturated carbocycles. The number of carbonyl (C=O) groups is 1. The highest BCUT2D eigenvalue weighted by Crippen LogP contribution is 2.36. The minimum Gasteiger partial charge on any atom is -0.387 e. The largest absolute Gasteiger partial charge is 0.387 e. The number of anilines is 1. The van der Waals surface area contributed by atoms with Crippen LogP contribution in [0.5, 0.6) is 0 Å². The molecule has 7 nitrogen and oxygen atoms in total. The smallest absolute Gasteiger partial charge is 0.228 e. The Morgan fingerprint density at radius 2 is 1.72 bits per heavy atom. The van der Waals surface area contributed by atoms with Gasteiger partial charge in [-0.3, -0.25) is 9.69 Å². The summed E-state index contributed by atoms with van der Waals surface area (Å²) in [6, 6.07) is 10.4. The molecule has 1 amide bonds. The number of β-amino-alcohol motifs (C(OH)–C–C–N with tert-alkyl or cyclic N) is 1. The van der Waals surface area contributed by atoms with Crippen LogP contribution < -0.4 is 4.90 Å². The first-order chi connectivity index (χ1) is 15.4. The highest BCUT2D eigenvalue weighted by Gasteiger charge is 2.46. The van der Waals surface area contributed by atoms with E-state index in [9.17, 15) is 9.90 Å². The van der Waals surface area contributed by atoms with Gasteiger partial charge in [-0.25, -0.2) is 9.97 Å². The lowest BCUT2D eigenvalue weighted by Crippen LogP contribution is -2.51. The van der Waals surface area contributed by atoms with E-state index in [4.69, 9.17) is 0 Å². The molecule has 1 unspecified atom stereocenters. The topological polar surface area (TPSA) is 72.8 Å². The van der Waals surface area contributed by atoms with Crippen molar-refractivity contribution < 1.29 is 9.90 Å². The number of hydrogen-bond acceptors (Lipinski definition) is 6. The van der Waals surface area contributed by atoms with Gasteiger partial charge in [0.2, 0.25) is 11.9 Å². The van der Waals surface area contributed by atoms with Gasteiger partial charge in [0.15, 0.2) is 0 Å². The van der Waals surface area contributed by atoms with Crippen LogP contribution in [0.4, 0.5) is 5.95 Å². The molecule has 0 aliphatic carbocycles. The van der Waals surface area contributed by atoms with Crippen LogP contribution in [0.2, 0.25) is 0 Å². The Balaban J connectivity index is 1.17. The number of aromatic nitrogens is 2. The van der Waals surface area contributed by atoms with Gasteiger partial charge in [-0.05, 0) is 42.9 Å². The molecule has 2 saturated heterocycles. The average Bonchev–Trinajstić information content (AvgIpc) is 3.21. The number of hydrogen-bond donors (Lipinski definition) is 1. The molecule has 1 N–H and O–H groups in total. The molecule has 32 heavy (non-hydrogen) atoms. The van der Waals surface area contributed by atoms with Crippen molar-refractivity contribution in [2.45, 2.75) is 44.8 Å². The van der Waals surface area contributed by atoms with Gasteiger partial charge in [0.25, 0.3) is 0 Å². The molecule has 170 valence electrons. The maximum Gasteiger partial charge on any atom is 0.228 e. The van der Waals surface area contributed by atoms with E-state index in [1.165, 1.54) is 11.1 Å². The normalized spacial score (nSPS) is 25.6. The number of piperidine rings is 1. The fraction of sp³-hybridized carbons (Fsp3) is 0.560. The van der Waals surface area contributed by atoms with Crippen LogP contribution in [0.15, 0.2) is 42.7 Å². The van der Waals surface area contributed by atoms with Crippen molar-refractivity contribution >= 4 is 11.9 Å². The molecule has 0 radical (unpaired) electrons.